The van der Waals surface area contributed by atoms with Crippen molar-refractivity contribution in [2.45, 2.75) is 161 Å². The molecular weight excluding hydrogens is 750 g/mol. The normalized spacial score (nSPS) is 14.2. The first-order valence-electron chi connectivity index (χ1n) is 22.2. The SMILES string of the molecule is CC/C=C\C/C=C\C/C=C\C/C=C\C/C=C\CCCCCC(=O)OC(COC(=O)CCCCCC/C=C\C/C=C\C/C=C\CCCCC)COP(=O)(O)OCCNC. The molecule has 9 nitrogen and oxygen atoms in total. The number of allylic oxidation sites excluding steroid dienone is 16. The van der Waals surface area contributed by atoms with Crippen LogP contribution in [0, 0.1) is 0 Å². The molecule has 2 atom stereocenters. The van der Waals surface area contributed by atoms with Crippen LogP contribution >= 0.6 is 7.82 Å². The Morgan fingerprint density at radius 2 is 0.983 bits per heavy atom. The summed E-state index contributed by atoms with van der Waals surface area (Å²) in [4.78, 5) is 35.1. The van der Waals surface area contributed by atoms with Gasteiger partial charge in [-0.15, -0.1) is 0 Å². The van der Waals surface area contributed by atoms with E-state index in [9.17, 15) is 19.0 Å². The first-order valence-corrected chi connectivity index (χ1v) is 23.7. The lowest BCUT2D eigenvalue weighted by molar-refractivity contribution is -0.161. The van der Waals surface area contributed by atoms with Crippen LogP contribution in [0.1, 0.15) is 155 Å². The largest absolute Gasteiger partial charge is 0.472 e. The molecule has 0 saturated carbocycles. The Balaban J connectivity index is 4.35. The molecule has 10 heteroatoms. The van der Waals surface area contributed by atoms with E-state index < -0.39 is 32.5 Å². The zero-order valence-electron chi connectivity index (χ0n) is 36.5. The molecule has 2 unspecified atom stereocenters. The van der Waals surface area contributed by atoms with E-state index in [-0.39, 0.29) is 26.1 Å². The summed E-state index contributed by atoms with van der Waals surface area (Å²) in [6.45, 7) is 3.99. The topological polar surface area (TPSA) is 120 Å². The van der Waals surface area contributed by atoms with Gasteiger partial charge in [0.1, 0.15) is 6.61 Å². The minimum Gasteiger partial charge on any atom is -0.462 e. The minimum atomic E-state index is -4.37. The molecule has 0 aromatic carbocycles. The molecule has 0 rings (SSSR count). The van der Waals surface area contributed by atoms with Gasteiger partial charge in [0.15, 0.2) is 6.10 Å². The van der Waals surface area contributed by atoms with Crippen molar-refractivity contribution in [3.63, 3.8) is 0 Å². The third-order valence-corrected chi connectivity index (χ3v) is 9.67. The molecule has 0 amide bonds. The van der Waals surface area contributed by atoms with E-state index in [2.05, 4.69) is 116 Å². The van der Waals surface area contributed by atoms with Crippen LogP contribution in [0.3, 0.4) is 0 Å². The predicted molar refractivity (Wildman–Crippen MR) is 243 cm³/mol. The van der Waals surface area contributed by atoms with Crippen LogP contribution < -0.4 is 5.32 Å². The molecule has 0 aliphatic carbocycles. The van der Waals surface area contributed by atoms with Crippen molar-refractivity contribution in [1.82, 2.24) is 5.32 Å². The number of unbranched alkanes of at least 4 members (excludes halogenated alkanes) is 10. The van der Waals surface area contributed by atoms with E-state index in [0.717, 1.165) is 89.9 Å². The van der Waals surface area contributed by atoms with E-state index in [4.69, 9.17) is 18.5 Å². The van der Waals surface area contributed by atoms with Gasteiger partial charge in [0.25, 0.3) is 0 Å². The van der Waals surface area contributed by atoms with Crippen molar-refractivity contribution in [3.05, 3.63) is 97.2 Å². The number of likely N-dealkylation sites (N-methyl/N-ethyl adjacent to an activating group) is 1. The number of hydrogen-bond donors (Lipinski definition) is 2. The fourth-order valence-electron chi connectivity index (χ4n) is 5.35. The van der Waals surface area contributed by atoms with Gasteiger partial charge in [-0.25, -0.2) is 4.57 Å². The summed E-state index contributed by atoms with van der Waals surface area (Å²) >= 11 is 0. The molecule has 0 radical (unpaired) electrons. The second-order valence-electron chi connectivity index (χ2n) is 14.1. The summed E-state index contributed by atoms with van der Waals surface area (Å²) in [5.74, 6) is -0.880. The van der Waals surface area contributed by atoms with Gasteiger partial charge in [0.05, 0.1) is 13.2 Å². The van der Waals surface area contributed by atoms with Crippen molar-refractivity contribution in [2.75, 3.05) is 33.4 Å². The van der Waals surface area contributed by atoms with Gasteiger partial charge in [-0.05, 0) is 103 Å². The highest BCUT2D eigenvalue weighted by atomic mass is 31.2. The van der Waals surface area contributed by atoms with Gasteiger partial charge in [-0.2, -0.15) is 0 Å². The summed E-state index contributed by atoms with van der Waals surface area (Å²) in [7, 11) is -2.68. The monoisotopic (exact) mass is 830 g/mol. The summed E-state index contributed by atoms with van der Waals surface area (Å²) in [6.07, 6.45) is 54.5. The lowest BCUT2D eigenvalue weighted by Crippen LogP contribution is -2.29. The summed E-state index contributed by atoms with van der Waals surface area (Å²) in [5, 5.41) is 2.82. The van der Waals surface area contributed by atoms with Gasteiger partial charge in [-0.3, -0.25) is 18.6 Å². The Hall–Kier alpha value is -3.07. The lowest BCUT2D eigenvalue weighted by Gasteiger charge is -2.20. The van der Waals surface area contributed by atoms with Crippen molar-refractivity contribution in [2.24, 2.45) is 0 Å². The lowest BCUT2D eigenvalue weighted by atomic mass is 10.1. The molecule has 58 heavy (non-hydrogen) atoms. The smallest absolute Gasteiger partial charge is 0.462 e. The Kier molecular flexibility index (Phi) is 41.2. The fraction of sp³-hybridized carbons (Fsp3) is 0.625. The first kappa shape index (κ1) is 54.9. The number of hydrogen-bond acceptors (Lipinski definition) is 8. The second kappa shape index (κ2) is 43.5. The number of nitrogens with one attached hydrogen (secondary N) is 1. The predicted octanol–water partition coefficient (Wildman–Crippen LogP) is 12.9. The summed E-state index contributed by atoms with van der Waals surface area (Å²) in [6, 6.07) is 0. The highest BCUT2D eigenvalue weighted by Crippen LogP contribution is 2.43. The molecule has 0 aliphatic heterocycles. The third kappa shape index (κ3) is 42.5. The average molecular weight is 830 g/mol. The van der Waals surface area contributed by atoms with Crippen LogP contribution in [0.4, 0.5) is 0 Å². The van der Waals surface area contributed by atoms with Crippen LogP contribution in [0.2, 0.25) is 0 Å². The maximum absolute atomic E-state index is 12.6. The number of carbonyl (C=O) groups excluding carboxylic acids is 2. The Bertz CT molecular complexity index is 1270. The molecule has 0 aliphatic rings. The van der Waals surface area contributed by atoms with E-state index in [1.807, 2.05) is 0 Å². The van der Waals surface area contributed by atoms with Crippen molar-refractivity contribution in [3.8, 4) is 0 Å². The Labute approximate surface area is 353 Å². The molecule has 0 bridgehead atoms. The van der Waals surface area contributed by atoms with E-state index in [1.54, 1.807) is 7.05 Å². The van der Waals surface area contributed by atoms with Crippen LogP contribution in [0.15, 0.2) is 97.2 Å². The molecule has 2 N–H and O–H groups in total. The molecule has 330 valence electrons. The Morgan fingerprint density at radius 3 is 1.47 bits per heavy atom. The standard InChI is InChI=1S/C48H80NO8P/c1-4-6-8-10-12-14-16-18-20-22-23-25-27-29-31-33-35-37-39-41-48(51)57-46(45-56-58(52,53)55-43-42-49-3)44-54-47(50)40-38-36-34-32-30-28-26-24-21-19-17-15-13-11-9-7-5-2/h6,8,12-15,18-21,23,25-26,28-29,31,46,49H,4-5,7,9-11,16-17,22,24,27,30,32-45H2,1-3H3,(H,52,53)/b8-6-,14-12-,15-13-,20-18-,21-19-,25-23-,28-26-,31-29-. The quantitative estimate of drug-likeness (QED) is 0.0269. The van der Waals surface area contributed by atoms with Crippen LogP contribution in [0.5, 0.6) is 0 Å². The van der Waals surface area contributed by atoms with Gasteiger partial charge in [0.2, 0.25) is 0 Å². The highest BCUT2D eigenvalue weighted by Gasteiger charge is 2.26. The number of rotatable bonds is 40. The van der Waals surface area contributed by atoms with E-state index in [0.29, 0.717) is 19.4 Å². The Morgan fingerprint density at radius 1 is 0.552 bits per heavy atom. The molecule has 0 aromatic heterocycles. The number of esters is 2. The van der Waals surface area contributed by atoms with Crippen LogP contribution in [0.25, 0.3) is 0 Å². The molecular formula is C48H80NO8P. The zero-order chi connectivity index (χ0) is 42.5. The summed E-state index contributed by atoms with van der Waals surface area (Å²) < 4.78 is 33.2. The van der Waals surface area contributed by atoms with Crippen molar-refractivity contribution < 1.29 is 37.6 Å². The summed E-state index contributed by atoms with van der Waals surface area (Å²) in [5.41, 5.74) is 0. The van der Waals surface area contributed by atoms with E-state index in [1.165, 1.54) is 25.7 Å². The fourth-order valence-corrected chi connectivity index (χ4v) is 6.10. The minimum absolute atomic E-state index is 0.0334. The van der Waals surface area contributed by atoms with Gasteiger partial charge >= 0.3 is 19.8 Å². The molecule has 0 aromatic rings. The van der Waals surface area contributed by atoms with Gasteiger partial charge in [-0.1, -0.05) is 143 Å². The van der Waals surface area contributed by atoms with Gasteiger partial charge < -0.3 is 19.7 Å². The molecule has 0 fully saturated rings. The van der Waals surface area contributed by atoms with Crippen molar-refractivity contribution in [1.29, 1.82) is 0 Å². The molecule has 0 saturated heterocycles. The molecule has 0 heterocycles. The average Bonchev–Trinajstić information content (AvgIpc) is 3.21. The highest BCUT2D eigenvalue weighted by molar-refractivity contribution is 7.47. The maximum Gasteiger partial charge on any atom is 0.472 e. The van der Waals surface area contributed by atoms with Gasteiger partial charge in [0, 0.05) is 19.4 Å². The number of carbonyl (C=O) groups is 2. The number of phosphoric acid groups is 1. The maximum atomic E-state index is 12.6. The zero-order valence-corrected chi connectivity index (χ0v) is 37.3. The van der Waals surface area contributed by atoms with Crippen LogP contribution in [-0.4, -0.2) is 56.3 Å². The second-order valence-corrected chi connectivity index (χ2v) is 15.6. The number of phosphoric ester groups is 1. The first-order chi connectivity index (χ1) is 28.3. The third-order valence-electron chi connectivity index (χ3n) is 8.69. The van der Waals surface area contributed by atoms with E-state index >= 15 is 0 Å². The van der Waals surface area contributed by atoms with Crippen LogP contribution in [-0.2, 0) is 32.7 Å². The number of ether oxygens (including phenoxy) is 2. The molecule has 0 spiro atoms. The van der Waals surface area contributed by atoms with Crippen molar-refractivity contribution >= 4 is 19.8 Å².